The average Bonchev–Trinajstić information content (AvgIpc) is 2.69. The van der Waals surface area contributed by atoms with Gasteiger partial charge in [0.15, 0.2) is 0 Å². The maximum atomic E-state index is 12.1. The summed E-state index contributed by atoms with van der Waals surface area (Å²) in [4.78, 5) is 0. The number of sulfonamides is 1. The zero-order chi connectivity index (χ0) is 13.2. The standard InChI is InChI=1S/C13H26N2O2S/c1-2-4-11-5-6-12(10-14)13(9-11)15-7-3-8-18(15,16)17/h11-13H,2-10,14H2,1H3. The first-order valence-electron chi connectivity index (χ1n) is 7.28. The fourth-order valence-electron chi connectivity index (χ4n) is 3.62. The second-order valence-corrected chi connectivity index (χ2v) is 7.85. The van der Waals surface area contributed by atoms with Crippen LogP contribution in [0.15, 0.2) is 0 Å². The Bertz CT molecular complexity index is 369. The van der Waals surface area contributed by atoms with Gasteiger partial charge in [-0.1, -0.05) is 26.2 Å². The molecule has 2 aliphatic rings. The monoisotopic (exact) mass is 274 g/mol. The second-order valence-electron chi connectivity index (χ2n) is 5.81. The van der Waals surface area contributed by atoms with Crippen LogP contribution in [-0.2, 0) is 10.0 Å². The number of rotatable bonds is 4. The molecule has 0 aromatic rings. The van der Waals surface area contributed by atoms with Gasteiger partial charge in [-0.2, -0.15) is 4.31 Å². The lowest BCUT2D eigenvalue weighted by Crippen LogP contribution is -2.47. The van der Waals surface area contributed by atoms with Crippen LogP contribution in [0.5, 0.6) is 0 Å². The van der Waals surface area contributed by atoms with Gasteiger partial charge >= 0.3 is 0 Å². The van der Waals surface area contributed by atoms with Crippen LogP contribution in [0.4, 0.5) is 0 Å². The summed E-state index contributed by atoms with van der Waals surface area (Å²) in [7, 11) is -2.99. The highest BCUT2D eigenvalue weighted by atomic mass is 32.2. The molecule has 3 unspecified atom stereocenters. The van der Waals surface area contributed by atoms with Crippen molar-refractivity contribution in [2.45, 2.75) is 51.5 Å². The second kappa shape index (κ2) is 5.88. The maximum absolute atomic E-state index is 12.1. The summed E-state index contributed by atoms with van der Waals surface area (Å²) in [6.07, 6.45) is 6.54. The van der Waals surface area contributed by atoms with Gasteiger partial charge in [-0.25, -0.2) is 8.42 Å². The lowest BCUT2D eigenvalue weighted by molar-refractivity contribution is 0.145. The van der Waals surface area contributed by atoms with E-state index < -0.39 is 10.0 Å². The molecule has 0 bridgehead atoms. The third kappa shape index (κ3) is 2.89. The van der Waals surface area contributed by atoms with Crippen LogP contribution in [0.1, 0.15) is 45.4 Å². The van der Waals surface area contributed by atoms with Crippen molar-refractivity contribution in [3.63, 3.8) is 0 Å². The van der Waals surface area contributed by atoms with Crippen molar-refractivity contribution in [3.05, 3.63) is 0 Å². The Morgan fingerprint density at radius 3 is 2.67 bits per heavy atom. The van der Waals surface area contributed by atoms with Crippen molar-refractivity contribution in [2.24, 2.45) is 17.6 Å². The predicted molar refractivity (Wildman–Crippen MR) is 73.7 cm³/mol. The molecular weight excluding hydrogens is 248 g/mol. The van der Waals surface area contributed by atoms with Gasteiger partial charge in [0.25, 0.3) is 0 Å². The molecule has 0 aromatic carbocycles. The molecule has 0 radical (unpaired) electrons. The molecule has 1 heterocycles. The SMILES string of the molecule is CCCC1CCC(CN)C(N2CCCS2(=O)=O)C1. The van der Waals surface area contributed by atoms with Gasteiger partial charge in [0.05, 0.1) is 5.75 Å². The van der Waals surface area contributed by atoms with Gasteiger partial charge in [-0.3, -0.25) is 0 Å². The Balaban J connectivity index is 2.11. The Morgan fingerprint density at radius 2 is 2.11 bits per heavy atom. The Hall–Kier alpha value is -0.130. The van der Waals surface area contributed by atoms with E-state index in [4.69, 9.17) is 5.73 Å². The number of hydrogen-bond acceptors (Lipinski definition) is 3. The van der Waals surface area contributed by atoms with Crippen LogP contribution in [0.3, 0.4) is 0 Å². The van der Waals surface area contributed by atoms with Crippen LogP contribution >= 0.6 is 0 Å². The first-order chi connectivity index (χ1) is 8.58. The minimum atomic E-state index is -2.99. The zero-order valence-corrected chi connectivity index (χ0v) is 12.2. The minimum Gasteiger partial charge on any atom is -0.330 e. The topological polar surface area (TPSA) is 63.4 Å². The molecule has 0 amide bonds. The zero-order valence-electron chi connectivity index (χ0n) is 11.3. The van der Waals surface area contributed by atoms with E-state index in [2.05, 4.69) is 6.92 Å². The minimum absolute atomic E-state index is 0.174. The first kappa shape index (κ1) is 14.3. The van der Waals surface area contributed by atoms with E-state index in [0.717, 1.165) is 19.3 Å². The van der Waals surface area contributed by atoms with E-state index in [-0.39, 0.29) is 6.04 Å². The van der Waals surface area contributed by atoms with E-state index in [1.165, 1.54) is 19.3 Å². The van der Waals surface area contributed by atoms with Crippen molar-refractivity contribution >= 4 is 10.0 Å². The highest BCUT2D eigenvalue weighted by molar-refractivity contribution is 7.89. The molecule has 0 aromatic heterocycles. The quantitative estimate of drug-likeness (QED) is 0.846. The molecule has 4 nitrogen and oxygen atoms in total. The number of nitrogens with zero attached hydrogens (tertiary/aromatic N) is 1. The van der Waals surface area contributed by atoms with Crippen LogP contribution in [0, 0.1) is 11.8 Å². The van der Waals surface area contributed by atoms with Crippen LogP contribution in [0.25, 0.3) is 0 Å². The van der Waals surface area contributed by atoms with Gasteiger partial charge in [0, 0.05) is 12.6 Å². The van der Waals surface area contributed by atoms with Gasteiger partial charge in [-0.05, 0) is 37.6 Å². The molecule has 2 N–H and O–H groups in total. The molecule has 2 rings (SSSR count). The number of hydrogen-bond donors (Lipinski definition) is 1. The highest BCUT2D eigenvalue weighted by Crippen LogP contribution is 2.36. The third-order valence-electron chi connectivity index (χ3n) is 4.57. The Labute approximate surface area is 111 Å². The molecule has 5 heteroatoms. The summed E-state index contributed by atoms with van der Waals surface area (Å²) in [6, 6.07) is 0.174. The molecular formula is C13H26N2O2S. The van der Waals surface area contributed by atoms with Crippen LogP contribution in [-0.4, -0.2) is 37.6 Å². The molecule has 1 aliphatic heterocycles. The van der Waals surface area contributed by atoms with E-state index in [1.807, 2.05) is 0 Å². The van der Waals surface area contributed by atoms with Gasteiger partial charge < -0.3 is 5.73 Å². The normalized spacial score (nSPS) is 36.9. The van der Waals surface area contributed by atoms with E-state index >= 15 is 0 Å². The molecule has 18 heavy (non-hydrogen) atoms. The summed E-state index contributed by atoms with van der Waals surface area (Å²) in [6.45, 7) is 3.54. The van der Waals surface area contributed by atoms with Crippen molar-refractivity contribution in [2.75, 3.05) is 18.8 Å². The van der Waals surface area contributed by atoms with Crippen LogP contribution < -0.4 is 5.73 Å². The summed E-state index contributed by atoms with van der Waals surface area (Å²) < 4.78 is 25.9. The molecule has 3 atom stereocenters. The smallest absolute Gasteiger partial charge is 0.214 e. The fourth-order valence-corrected chi connectivity index (χ4v) is 5.43. The van der Waals surface area contributed by atoms with Crippen molar-refractivity contribution in [1.82, 2.24) is 4.31 Å². The van der Waals surface area contributed by atoms with Gasteiger partial charge in [-0.15, -0.1) is 0 Å². The Morgan fingerprint density at radius 1 is 1.33 bits per heavy atom. The molecule has 1 saturated heterocycles. The third-order valence-corrected chi connectivity index (χ3v) is 6.54. The Kier molecular flexibility index (Phi) is 4.67. The van der Waals surface area contributed by atoms with E-state index in [9.17, 15) is 8.42 Å². The van der Waals surface area contributed by atoms with Crippen molar-refractivity contribution in [1.29, 1.82) is 0 Å². The summed E-state index contributed by atoms with van der Waals surface area (Å²) in [5.74, 6) is 1.39. The highest BCUT2D eigenvalue weighted by Gasteiger charge is 2.40. The van der Waals surface area contributed by atoms with E-state index in [1.54, 1.807) is 4.31 Å². The first-order valence-corrected chi connectivity index (χ1v) is 8.89. The predicted octanol–water partition coefficient (Wildman–Crippen LogP) is 1.57. The van der Waals surface area contributed by atoms with Crippen LogP contribution in [0.2, 0.25) is 0 Å². The van der Waals surface area contributed by atoms with Crippen molar-refractivity contribution in [3.8, 4) is 0 Å². The lowest BCUT2D eigenvalue weighted by Gasteiger charge is -2.40. The molecule has 1 aliphatic carbocycles. The molecule has 1 saturated carbocycles. The average molecular weight is 274 g/mol. The maximum Gasteiger partial charge on any atom is 0.214 e. The molecule has 106 valence electrons. The summed E-state index contributed by atoms with van der Waals surface area (Å²) in [5.41, 5.74) is 5.85. The summed E-state index contributed by atoms with van der Waals surface area (Å²) in [5, 5.41) is 0. The summed E-state index contributed by atoms with van der Waals surface area (Å²) >= 11 is 0. The fraction of sp³-hybridized carbons (Fsp3) is 1.00. The molecule has 0 spiro atoms. The van der Waals surface area contributed by atoms with Crippen molar-refractivity contribution < 1.29 is 8.42 Å². The van der Waals surface area contributed by atoms with Gasteiger partial charge in [0.2, 0.25) is 10.0 Å². The largest absolute Gasteiger partial charge is 0.330 e. The van der Waals surface area contributed by atoms with Gasteiger partial charge in [0.1, 0.15) is 0 Å². The lowest BCUT2D eigenvalue weighted by atomic mass is 9.76. The van der Waals surface area contributed by atoms with E-state index in [0.29, 0.717) is 30.7 Å². The number of nitrogens with two attached hydrogens (primary N) is 1. The molecule has 2 fully saturated rings.